The highest BCUT2D eigenvalue weighted by molar-refractivity contribution is 8.00. The Bertz CT molecular complexity index is 592. The third kappa shape index (κ3) is 4.58. The zero-order chi connectivity index (χ0) is 15.1. The summed E-state index contributed by atoms with van der Waals surface area (Å²) in [6.07, 6.45) is 0. The van der Waals surface area contributed by atoms with Gasteiger partial charge in [0.25, 0.3) is 0 Å². The molecule has 0 saturated heterocycles. The molecular weight excluding hydrogens is 289 g/mol. The number of aliphatic hydroxyl groups is 1. The monoisotopic (exact) mass is 305 g/mol. The molecule has 0 unspecified atom stereocenters. The highest BCUT2D eigenvalue weighted by atomic mass is 32.2. The first kappa shape index (κ1) is 15.5. The summed E-state index contributed by atoms with van der Waals surface area (Å²) >= 11 is 1.13. The first-order valence-electron chi connectivity index (χ1n) is 6.53. The quantitative estimate of drug-likeness (QED) is 0.807. The number of carbonyl (C=O) groups is 1. The van der Waals surface area contributed by atoms with E-state index in [0.717, 1.165) is 17.3 Å². The summed E-state index contributed by atoms with van der Waals surface area (Å²) in [6.45, 7) is -0.180. The molecule has 0 aliphatic heterocycles. The largest absolute Gasteiger partial charge is 0.394 e. The Labute approximate surface area is 127 Å². The van der Waals surface area contributed by atoms with Crippen molar-refractivity contribution in [2.24, 2.45) is 0 Å². The van der Waals surface area contributed by atoms with E-state index in [1.165, 1.54) is 6.07 Å². The number of amides is 1. The second-order valence-electron chi connectivity index (χ2n) is 4.43. The van der Waals surface area contributed by atoms with Crippen LogP contribution in [0.3, 0.4) is 0 Å². The van der Waals surface area contributed by atoms with Crippen LogP contribution < -0.4 is 5.32 Å². The summed E-state index contributed by atoms with van der Waals surface area (Å²) in [5.74, 6) is -0.479. The molecule has 0 aliphatic rings. The summed E-state index contributed by atoms with van der Waals surface area (Å²) in [4.78, 5) is 12.3. The molecule has 0 spiro atoms. The maximum atomic E-state index is 13.4. The second kappa shape index (κ2) is 7.81. The van der Waals surface area contributed by atoms with Crippen LogP contribution in [0, 0.1) is 5.82 Å². The molecule has 3 nitrogen and oxygen atoms in total. The standard InChI is InChI=1S/C16H16FNO2S/c17-13-8-4-5-9-15(13)21-11-16(20)18-14(10-19)12-6-2-1-3-7-12/h1-9,14,19H,10-11H2,(H,18,20)/t14-/m1/s1. The highest BCUT2D eigenvalue weighted by Gasteiger charge is 2.14. The van der Waals surface area contributed by atoms with Gasteiger partial charge in [0.1, 0.15) is 5.82 Å². The van der Waals surface area contributed by atoms with Crippen molar-refractivity contribution in [3.63, 3.8) is 0 Å². The van der Waals surface area contributed by atoms with Crippen molar-refractivity contribution < 1.29 is 14.3 Å². The lowest BCUT2D eigenvalue weighted by atomic mass is 10.1. The minimum atomic E-state index is -0.445. The van der Waals surface area contributed by atoms with Crippen LogP contribution in [0.4, 0.5) is 4.39 Å². The summed E-state index contributed by atoms with van der Waals surface area (Å²) in [6, 6.07) is 15.1. The van der Waals surface area contributed by atoms with Gasteiger partial charge in [-0.05, 0) is 17.7 Å². The molecule has 0 radical (unpaired) electrons. The van der Waals surface area contributed by atoms with Crippen LogP contribution in [0.2, 0.25) is 0 Å². The molecule has 110 valence electrons. The van der Waals surface area contributed by atoms with Crippen molar-refractivity contribution in [3.05, 3.63) is 66.0 Å². The Balaban J connectivity index is 1.90. The van der Waals surface area contributed by atoms with E-state index in [-0.39, 0.29) is 24.1 Å². The van der Waals surface area contributed by atoms with Crippen LogP contribution in [0.1, 0.15) is 11.6 Å². The average Bonchev–Trinajstić information content (AvgIpc) is 2.52. The number of rotatable bonds is 6. The van der Waals surface area contributed by atoms with Gasteiger partial charge >= 0.3 is 0 Å². The van der Waals surface area contributed by atoms with Gasteiger partial charge in [-0.1, -0.05) is 42.5 Å². The number of thioether (sulfide) groups is 1. The van der Waals surface area contributed by atoms with Crippen LogP contribution >= 0.6 is 11.8 Å². The SMILES string of the molecule is O=C(CSc1ccccc1F)N[C@H](CO)c1ccccc1. The predicted octanol–water partition coefficient (Wildman–Crippen LogP) is 2.77. The number of nitrogens with one attached hydrogen (secondary N) is 1. The molecule has 1 amide bonds. The van der Waals surface area contributed by atoms with Crippen molar-refractivity contribution in [2.75, 3.05) is 12.4 Å². The van der Waals surface area contributed by atoms with Crippen LogP contribution in [0.5, 0.6) is 0 Å². The van der Waals surface area contributed by atoms with Crippen LogP contribution in [0.15, 0.2) is 59.5 Å². The number of carbonyl (C=O) groups excluding carboxylic acids is 1. The van der Waals surface area contributed by atoms with Gasteiger partial charge < -0.3 is 10.4 Å². The fourth-order valence-corrected chi connectivity index (χ4v) is 2.61. The summed E-state index contributed by atoms with van der Waals surface area (Å²) in [5, 5.41) is 12.1. The van der Waals surface area contributed by atoms with Gasteiger partial charge in [-0.25, -0.2) is 4.39 Å². The fourth-order valence-electron chi connectivity index (χ4n) is 1.86. The van der Waals surface area contributed by atoms with E-state index < -0.39 is 6.04 Å². The maximum Gasteiger partial charge on any atom is 0.230 e. The Morgan fingerprint density at radius 2 is 1.81 bits per heavy atom. The minimum absolute atomic E-state index is 0.101. The van der Waals surface area contributed by atoms with Crippen LogP contribution in [-0.4, -0.2) is 23.4 Å². The third-order valence-electron chi connectivity index (χ3n) is 2.92. The smallest absolute Gasteiger partial charge is 0.230 e. The van der Waals surface area contributed by atoms with E-state index >= 15 is 0 Å². The Hall–Kier alpha value is -1.85. The first-order valence-corrected chi connectivity index (χ1v) is 7.51. The van der Waals surface area contributed by atoms with E-state index in [2.05, 4.69) is 5.32 Å². The number of benzene rings is 2. The van der Waals surface area contributed by atoms with Gasteiger partial charge in [-0.2, -0.15) is 0 Å². The van der Waals surface area contributed by atoms with Gasteiger partial charge in [0.15, 0.2) is 0 Å². The molecule has 21 heavy (non-hydrogen) atoms. The molecule has 0 aliphatic carbocycles. The molecule has 0 aromatic heterocycles. The van der Waals surface area contributed by atoms with E-state index in [4.69, 9.17) is 0 Å². The number of hydrogen-bond acceptors (Lipinski definition) is 3. The minimum Gasteiger partial charge on any atom is -0.394 e. The molecule has 0 bridgehead atoms. The lowest BCUT2D eigenvalue weighted by molar-refractivity contribution is -0.119. The Morgan fingerprint density at radius 3 is 2.48 bits per heavy atom. The molecule has 0 saturated carbocycles. The van der Waals surface area contributed by atoms with Gasteiger partial charge in [-0.15, -0.1) is 11.8 Å². The van der Waals surface area contributed by atoms with Crippen molar-refractivity contribution in [1.82, 2.24) is 5.32 Å². The van der Waals surface area contributed by atoms with E-state index in [1.54, 1.807) is 18.2 Å². The summed E-state index contributed by atoms with van der Waals surface area (Å²) in [7, 11) is 0. The molecular formula is C16H16FNO2S. The number of halogens is 1. The zero-order valence-electron chi connectivity index (χ0n) is 11.3. The van der Waals surface area contributed by atoms with Gasteiger partial charge in [-0.3, -0.25) is 4.79 Å². The van der Waals surface area contributed by atoms with Crippen molar-refractivity contribution in [1.29, 1.82) is 0 Å². The lowest BCUT2D eigenvalue weighted by Gasteiger charge is -2.16. The summed E-state index contributed by atoms with van der Waals surface area (Å²) in [5.41, 5.74) is 0.837. The highest BCUT2D eigenvalue weighted by Crippen LogP contribution is 2.21. The first-order chi connectivity index (χ1) is 10.2. The van der Waals surface area contributed by atoms with E-state index in [0.29, 0.717) is 4.90 Å². The average molecular weight is 305 g/mol. The Kier molecular flexibility index (Phi) is 5.78. The number of hydrogen-bond donors (Lipinski definition) is 2. The normalized spacial score (nSPS) is 11.9. The molecule has 0 heterocycles. The second-order valence-corrected chi connectivity index (χ2v) is 5.45. The third-order valence-corrected chi connectivity index (χ3v) is 3.96. The van der Waals surface area contributed by atoms with Gasteiger partial charge in [0, 0.05) is 4.90 Å². The number of aliphatic hydroxyl groups excluding tert-OH is 1. The van der Waals surface area contributed by atoms with Gasteiger partial charge in [0.05, 0.1) is 18.4 Å². The molecule has 1 atom stereocenters. The molecule has 0 fully saturated rings. The summed E-state index contributed by atoms with van der Waals surface area (Å²) < 4.78 is 13.4. The zero-order valence-corrected chi connectivity index (χ0v) is 12.1. The predicted molar refractivity (Wildman–Crippen MR) is 81.5 cm³/mol. The molecule has 5 heteroatoms. The fraction of sp³-hybridized carbons (Fsp3) is 0.188. The Morgan fingerprint density at radius 1 is 1.14 bits per heavy atom. The molecule has 2 aromatic rings. The van der Waals surface area contributed by atoms with Crippen LogP contribution in [-0.2, 0) is 4.79 Å². The van der Waals surface area contributed by atoms with Gasteiger partial charge in [0.2, 0.25) is 5.91 Å². The molecule has 2 aromatic carbocycles. The van der Waals surface area contributed by atoms with Crippen LogP contribution in [0.25, 0.3) is 0 Å². The maximum absolute atomic E-state index is 13.4. The van der Waals surface area contributed by atoms with E-state index in [9.17, 15) is 14.3 Å². The lowest BCUT2D eigenvalue weighted by Crippen LogP contribution is -2.32. The molecule has 2 N–H and O–H groups in total. The van der Waals surface area contributed by atoms with Crippen molar-refractivity contribution in [3.8, 4) is 0 Å². The topological polar surface area (TPSA) is 49.3 Å². The molecule has 2 rings (SSSR count). The van der Waals surface area contributed by atoms with Crippen molar-refractivity contribution >= 4 is 17.7 Å². The van der Waals surface area contributed by atoms with Crippen molar-refractivity contribution in [2.45, 2.75) is 10.9 Å². The van der Waals surface area contributed by atoms with E-state index in [1.807, 2.05) is 30.3 Å².